The fourth-order valence-electron chi connectivity index (χ4n) is 3.86. The summed E-state index contributed by atoms with van der Waals surface area (Å²) in [7, 11) is 0. The predicted octanol–water partition coefficient (Wildman–Crippen LogP) is 5.58. The van der Waals surface area contributed by atoms with E-state index in [1.54, 1.807) is 0 Å². The molecule has 1 nitrogen and oxygen atoms in total. The minimum Gasteiger partial charge on any atom is -0.294 e. The average molecular weight is 306 g/mol. The molecule has 1 aliphatic rings. The maximum Gasteiger partial charge on any atom is 0.167 e. The summed E-state index contributed by atoms with van der Waals surface area (Å²) in [6.07, 6.45) is 4.30. The van der Waals surface area contributed by atoms with Gasteiger partial charge < -0.3 is 0 Å². The molecule has 2 aromatic carbocycles. The van der Waals surface area contributed by atoms with E-state index in [0.29, 0.717) is 6.42 Å². The van der Waals surface area contributed by atoms with E-state index in [1.165, 1.54) is 24.8 Å². The van der Waals surface area contributed by atoms with Crippen molar-refractivity contribution in [3.05, 3.63) is 71.3 Å². The minimum atomic E-state index is 0.196. The van der Waals surface area contributed by atoms with Gasteiger partial charge in [-0.05, 0) is 29.4 Å². The Bertz CT molecular complexity index is 670. The summed E-state index contributed by atoms with van der Waals surface area (Å²) in [5.41, 5.74) is 3.84. The Morgan fingerprint density at radius 3 is 2.04 bits per heavy atom. The third-order valence-corrected chi connectivity index (χ3v) is 5.61. The molecule has 0 aliphatic heterocycles. The summed E-state index contributed by atoms with van der Waals surface area (Å²) in [5.74, 6) is 0.196. The van der Waals surface area contributed by atoms with Crippen LogP contribution >= 0.6 is 0 Å². The van der Waals surface area contributed by atoms with E-state index in [2.05, 4.69) is 32.9 Å². The summed E-state index contributed by atoms with van der Waals surface area (Å²) in [6.45, 7) is 7.00. The highest BCUT2D eigenvalue weighted by molar-refractivity contribution is 5.97. The van der Waals surface area contributed by atoms with Crippen molar-refractivity contribution in [3.63, 3.8) is 0 Å². The van der Waals surface area contributed by atoms with E-state index in [4.69, 9.17) is 0 Å². The molecule has 0 heterocycles. The van der Waals surface area contributed by atoms with Gasteiger partial charge in [0, 0.05) is 17.4 Å². The third-order valence-electron chi connectivity index (χ3n) is 5.61. The first-order chi connectivity index (χ1) is 10.9. The number of Topliss-reactive ketones (excluding diaryl/α,β-unsaturated/α-hetero) is 1. The fraction of sp³-hybridized carbons (Fsp3) is 0.409. The molecule has 0 spiro atoms. The second kappa shape index (κ2) is 5.96. The smallest absolute Gasteiger partial charge is 0.167 e. The van der Waals surface area contributed by atoms with E-state index in [1.807, 2.05) is 42.5 Å². The van der Waals surface area contributed by atoms with Crippen molar-refractivity contribution in [3.8, 4) is 0 Å². The Balaban J connectivity index is 1.78. The predicted molar refractivity (Wildman–Crippen MR) is 95.9 cm³/mol. The highest BCUT2D eigenvalue weighted by atomic mass is 16.1. The molecule has 2 aromatic rings. The monoisotopic (exact) mass is 306 g/mol. The molecule has 0 amide bonds. The molecule has 0 atom stereocenters. The maximum absolute atomic E-state index is 12.5. The van der Waals surface area contributed by atoms with Crippen LogP contribution in [0.2, 0.25) is 0 Å². The fourth-order valence-corrected chi connectivity index (χ4v) is 3.86. The number of ketones is 1. The van der Waals surface area contributed by atoms with Crippen LogP contribution in [0.25, 0.3) is 0 Å². The van der Waals surface area contributed by atoms with Gasteiger partial charge in [0.25, 0.3) is 0 Å². The molecule has 0 bridgehead atoms. The number of hydrogen-bond acceptors (Lipinski definition) is 1. The maximum atomic E-state index is 12.5. The van der Waals surface area contributed by atoms with E-state index < -0.39 is 0 Å². The summed E-state index contributed by atoms with van der Waals surface area (Å²) >= 11 is 0. The standard InChI is InChI=1S/C22H26O/c1-21(2,3)22(14-7-15-22)19-12-10-18(11-13-19)20(23)16-17-8-5-4-6-9-17/h4-6,8-13H,7,14-16H2,1-3H3. The van der Waals surface area contributed by atoms with Crippen LogP contribution < -0.4 is 0 Å². The van der Waals surface area contributed by atoms with Crippen molar-refractivity contribution in [2.24, 2.45) is 5.41 Å². The summed E-state index contributed by atoms with van der Waals surface area (Å²) in [6, 6.07) is 18.4. The lowest BCUT2D eigenvalue weighted by Crippen LogP contribution is -2.45. The van der Waals surface area contributed by atoms with E-state index >= 15 is 0 Å². The van der Waals surface area contributed by atoms with Crippen LogP contribution in [0.4, 0.5) is 0 Å². The molecular weight excluding hydrogens is 280 g/mol. The zero-order valence-corrected chi connectivity index (χ0v) is 14.4. The van der Waals surface area contributed by atoms with Crippen LogP contribution in [-0.2, 0) is 11.8 Å². The van der Waals surface area contributed by atoms with Gasteiger partial charge in [-0.15, -0.1) is 0 Å². The molecule has 120 valence electrons. The molecule has 23 heavy (non-hydrogen) atoms. The first kappa shape index (κ1) is 16.0. The minimum absolute atomic E-state index is 0.196. The zero-order chi connectivity index (χ0) is 16.5. The molecule has 1 aliphatic carbocycles. The number of hydrogen-bond donors (Lipinski definition) is 0. The van der Waals surface area contributed by atoms with E-state index in [0.717, 1.165) is 11.1 Å². The highest BCUT2D eigenvalue weighted by Crippen LogP contribution is 2.55. The lowest BCUT2D eigenvalue weighted by atomic mass is 9.52. The quantitative estimate of drug-likeness (QED) is 0.674. The Hall–Kier alpha value is -1.89. The Labute approximate surface area is 139 Å². The summed E-state index contributed by atoms with van der Waals surface area (Å²) < 4.78 is 0. The number of carbonyl (C=O) groups excluding carboxylic acids is 1. The van der Waals surface area contributed by atoms with Crippen LogP contribution in [0.3, 0.4) is 0 Å². The van der Waals surface area contributed by atoms with Crippen LogP contribution in [-0.4, -0.2) is 5.78 Å². The van der Waals surface area contributed by atoms with E-state index in [-0.39, 0.29) is 16.6 Å². The second-order valence-electron chi connectivity index (χ2n) is 7.85. The van der Waals surface area contributed by atoms with Crippen LogP contribution in [0.15, 0.2) is 54.6 Å². The van der Waals surface area contributed by atoms with Crippen LogP contribution in [0.1, 0.15) is 61.5 Å². The molecule has 0 aromatic heterocycles. The first-order valence-electron chi connectivity index (χ1n) is 8.60. The number of benzene rings is 2. The molecule has 0 saturated heterocycles. The molecule has 1 heteroatoms. The van der Waals surface area contributed by atoms with Gasteiger partial charge in [0.1, 0.15) is 0 Å². The molecule has 0 radical (unpaired) electrons. The molecule has 0 N–H and O–H groups in total. The van der Waals surface area contributed by atoms with Gasteiger partial charge in [0.05, 0.1) is 0 Å². The Morgan fingerprint density at radius 2 is 1.57 bits per heavy atom. The van der Waals surface area contributed by atoms with E-state index in [9.17, 15) is 4.79 Å². The molecule has 1 fully saturated rings. The molecule has 3 rings (SSSR count). The van der Waals surface area contributed by atoms with Crippen molar-refractivity contribution >= 4 is 5.78 Å². The Kier molecular flexibility index (Phi) is 4.14. The summed E-state index contributed by atoms with van der Waals surface area (Å²) in [5, 5.41) is 0. The molecular formula is C22H26O. The SMILES string of the molecule is CC(C)(C)C1(c2ccc(C(=O)Cc3ccccc3)cc2)CCC1. The average Bonchev–Trinajstić information content (AvgIpc) is 2.46. The van der Waals surface area contributed by atoms with Crippen LogP contribution in [0, 0.1) is 5.41 Å². The van der Waals surface area contributed by atoms with Crippen molar-refractivity contribution in [1.29, 1.82) is 0 Å². The van der Waals surface area contributed by atoms with Crippen molar-refractivity contribution in [2.45, 2.75) is 51.9 Å². The number of carbonyl (C=O) groups is 1. The largest absolute Gasteiger partial charge is 0.294 e. The van der Waals surface area contributed by atoms with Gasteiger partial charge in [0.15, 0.2) is 5.78 Å². The third kappa shape index (κ3) is 2.97. The van der Waals surface area contributed by atoms with Gasteiger partial charge >= 0.3 is 0 Å². The Morgan fingerprint density at radius 1 is 0.957 bits per heavy atom. The lowest BCUT2D eigenvalue weighted by molar-refractivity contribution is 0.0851. The molecule has 1 saturated carbocycles. The van der Waals surface area contributed by atoms with Gasteiger partial charge in [-0.3, -0.25) is 4.79 Å². The topological polar surface area (TPSA) is 17.1 Å². The summed E-state index contributed by atoms with van der Waals surface area (Å²) in [4.78, 5) is 12.5. The first-order valence-corrected chi connectivity index (χ1v) is 8.60. The van der Waals surface area contributed by atoms with Crippen LogP contribution in [0.5, 0.6) is 0 Å². The van der Waals surface area contributed by atoms with Gasteiger partial charge in [-0.2, -0.15) is 0 Å². The lowest BCUT2D eigenvalue weighted by Gasteiger charge is -2.52. The number of rotatable bonds is 4. The van der Waals surface area contributed by atoms with Crippen molar-refractivity contribution in [2.75, 3.05) is 0 Å². The van der Waals surface area contributed by atoms with Gasteiger partial charge in [-0.1, -0.05) is 81.8 Å². The zero-order valence-electron chi connectivity index (χ0n) is 14.4. The second-order valence-corrected chi connectivity index (χ2v) is 7.85. The van der Waals surface area contributed by atoms with Crippen molar-refractivity contribution in [1.82, 2.24) is 0 Å². The molecule has 0 unspecified atom stereocenters. The highest BCUT2D eigenvalue weighted by Gasteiger charge is 2.47. The van der Waals surface area contributed by atoms with Gasteiger partial charge in [0.2, 0.25) is 0 Å². The normalized spacial score (nSPS) is 16.7. The van der Waals surface area contributed by atoms with Crippen molar-refractivity contribution < 1.29 is 4.79 Å². The van der Waals surface area contributed by atoms with Gasteiger partial charge in [-0.25, -0.2) is 0 Å².